The van der Waals surface area contributed by atoms with Crippen molar-refractivity contribution < 1.29 is 35.9 Å². The van der Waals surface area contributed by atoms with Crippen molar-refractivity contribution in [2.24, 2.45) is 0 Å². The Kier molecular flexibility index (Phi) is 6.14. The molecule has 2 aromatic rings. The number of carbonyl (C=O) groups is 1. The fourth-order valence-electron chi connectivity index (χ4n) is 2.84. The number of benzene rings is 2. The highest BCUT2D eigenvalue weighted by Gasteiger charge is 2.52. The summed E-state index contributed by atoms with van der Waals surface area (Å²) in [5.74, 6) is -1.96. The Morgan fingerprint density at radius 3 is 2.42 bits per heavy atom. The average molecular weight is 460 g/mol. The van der Waals surface area contributed by atoms with Crippen molar-refractivity contribution in [3.05, 3.63) is 59.4 Å². The van der Waals surface area contributed by atoms with Gasteiger partial charge in [-0.2, -0.15) is 13.2 Å². The van der Waals surface area contributed by atoms with Crippen LogP contribution in [0.1, 0.15) is 30.9 Å². The first-order valence-corrected chi connectivity index (χ1v) is 10.8. The van der Waals surface area contributed by atoms with Gasteiger partial charge in [-0.25, -0.2) is 17.5 Å². The quantitative estimate of drug-likeness (QED) is 0.553. The molecule has 6 nitrogen and oxygen atoms in total. The number of anilines is 1. The highest BCUT2D eigenvalue weighted by Crippen LogP contribution is 2.40. The second-order valence-electron chi connectivity index (χ2n) is 7.53. The fourth-order valence-corrected chi connectivity index (χ4v) is 4.22. The second kappa shape index (κ2) is 8.21. The summed E-state index contributed by atoms with van der Waals surface area (Å²) in [4.78, 5) is 12.3. The molecule has 11 heteroatoms. The number of carbonyl (C=O) groups excluding carboxylic acids is 1. The maximum Gasteiger partial charge on any atom is 0.421 e. The van der Waals surface area contributed by atoms with Gasteiger partial charge >= 0.3 is 6.18 Å². The van der Waals surface area contributed by atoms with Gasteiger partial charge in [-0.15, -0.1) is 0 Å². The van der Waals surface area contributed by atoms with Crippen LogP contribution in [0.2, 0.25) is 0 Å². The molecule has 3 N–H and O–H groups in total. The molecule has 1 saturated carbocycles. The topological polar surface area (TPSA) is 95.5 Å². The van der Waals surface area contributed by atoms with Crippen LogP contribution in [0.3, 0.4) is 0 Å². The number of nitrogens with one attached hydrogen (secondary N) is 2. The SMILES string of the molecule is CC(O)(c1ccc(NC(=O)Cc2cccc(S(=O)(=O)NC3CC3)c2)cc1F)C(F)(F)F. The van der Waals surface area contributed by atoms with Crippen LogP contribution >= 0.6 is 0 Å². The number of halogens is 4. The number of aliphatic hydroxyl groups is 1. The van der Waals surface area contributed by atoms with Crippen molar-refractivity contribution in [1.82, 2.24) is 4.72 Å². The Bertz CT molecular complexity index is 1100. The van der Waals surface area contributed by atoms with E-state index in [1.165, 1.54) is 18.2 Å². The van der Waals surface area contributed by atoms with E-state index in [2.05, 4.69) is 10.0 Å². The van der Waals surface area contributed by atoms with Gasteiger partial charge in [0.05, 0.1) is 11.3 Å². The highest BCUT2D eigenvalue weighted by atomic mass is 32.2. The van der Waals surface area contributed by atoms with Gasteiger partial charge < -0.3 is 10.4 Å². The van der Waals surface area contributed by atoms with E-state index < -0.39 is 39.1 Å². The third-order valence-electron chi connectivity index (χ3n) is 4.80. The van der Waals surface area contributed by atoms with E-state index >= 15 is 0 Å². The lowest BCUT2D eigenvalue weighted by Crippen LogP contribution is -2.40. The molecule has 1 atom stereocenters. The molecule has 1 aliphatic carbocycles. The lowest BCUT2D eigenvalue weighted by Gasteiger charge is -2.27. The number of sulfonamides is 1. The standard InChI is InChI=1S/C20H20F4N2O4S/c1-19(28,20(22,23)24)16-8-7-14(11-17(16)21)25-18(27)10-12-3-2-4-15(9-12)31(29,30)26-13-5-6-13/h2-4,7-9,11,13,26,28H,5-6,10H2,1H3,(H,25,27). The summed E-state index contributed by atoms with van der Waals surface area (Å²) in [6.45, 7) is 0.433. The molecule has 1 fully saturated rings. The van der Waals surface area contributed by atoms with Crippen molar-refractivity contribution in [1.29, 1.82) is 0 Å². The van der Waals surface area contributed by atoms with E-state index in [1.807, 2.05) is 0 Å². The fraction of sp³-hybridized carbons (Fsp3) is 0.350. The molecular formula is C20H20F4N2O4S. The molecule has 0 bridgehead atoms. The van der Waals surface area contributed by atoms with Crippen molar-refractivity contribution in [3.8, 4) is 0 Å². The van der Waals surface area contributed by atoms with Crippen LogP contribution in [0.4, 0.5) is 23.2 Å². The van der Waals surface area contributed by atoms with Crippen LogP contribution in [0.15, 0.2) is 47.4 Å². The van der Waals surface area contributed by atoms with Crippen molar-refractivity contribution in [2.45, 2.75) is 48.9 Å². The first kappa shape index (κ1) is 23.2. The van der Waals surface area contributed by atoms with Gasteiger partial charge in [0, 0.05) is 17.3 Å². The van der Waals surface area contributed by atoms with Gasteiger partial charge in [0.25, 0.3) is 0 Å². The summed E-state index contributed by atoms with van der Waals surface area (Å²) in [6, 6.07) is 8.15. The molecule has 1 aliphatic rings. The second-order valence-corrected chi connectivity index (χ2v) is 9.25. The molecule has 1 amide bonds. The van der Waals surface area contributed by atoms with Gasteiger partial charge in [0.2, 0.25) is 15.9 Å². The van der Waals surface area contributed by atoms with E-state index in [4.69, 9.17) is 0 Å². The normalized spacial score (nSPS) is 16.6. The van der Waals surface area contributed by atoms with Crippen LogP contribution in [0.5, 0.6) is 0 Å². The largest absolute Gasteiger partial charge is 0.421 e. The molecular weight excluding hydrogens is 440 g/mol. The van der Waals surface area contributed by atoms with E-state index in [1.54, 1.807) is 6.07 Å². The van der Waals surface area contributed by atoms with Crippen LogP contribution in [0, 0.1) is 5.82 Å². The third-order valence-corrected chi connectivity index (χ3v) is 6.32. The molecule has 0 aromatic heterocycles. The Balaban J connectivity index is 1.70. The Morgan fingerprint density at radius 2 is 1.84 bits per heavy atom. The highest BCUT2D eigenvalue weighted by molar-refractivity contribution is 7.89. The maximum absolute atomic E-state index is 14.2. The smallest absolute Gasteiger partial charge is 0.376 e. The maximum atomic E-state index is 14.2. The minimum absolute atomic E-state index is 0.00878. The first-order chi connectivity index (χ1) is 14.3. The van der Waals surface area contributed by atoms with Gasteiger partial charge in [-0.05, 0) is 49.6 Å². The molecule has 1 unspecified atom stereocenters. The van der Waals surface area contributed by atoms with Gasteiger partial charge in [-0.1, -0.05) is 18.2 Å². The lowest BCUT2D eigenvalue weighted by atomic mass is 9.94. The predicted molar refractivity (Wildman–Crippen MR) is 104 cm³/mol. The van der Waals surface area contributed by atoms with E-state index in [-0.39, 0.29) is 23.0 Å². The van der Waals surface area contributed by atoms with Crippen molar-refractivity contribution in [3.63, 3.8) is 0 Å². The Hall–Kier alpha value is -2.50. The number of amides is 1. The van der Waals surface area contributed by atoms with Gasteiger partial charge in [0.1, 0.15) is 5.82 Å². The molecule has 168 valence electrons. The zero-order valence-electron chi connectivity index (χ0n) is 16.3. The minimum atomic E-state index is -5.08. The van der Waals surface area contributed by atoms with Crippen molar-refractivity contribution in [2.75, 3.05) is 5.32 Å². The minimum Gasteiger partial charge on any atom is -0.376 e. The van der Waals surface area contributed by atoms with Gasteiger partial charge in [-0.3, -0.25) is 4.79 Å². The van der Waals surface area contributed by atoms with E-state index in [9.17, 15) is 35.9 Å². The molecule has 0 saturated heterocycles. The summed E-state index contributed by atoms with van der Waals surface area (Å²) < 4.78 is 80.0. The first-order valence-electron chi connectivity index (χ1n) is 9.30. The lowest BCUT2D eigenvalue weighted by molar-refractivity contribution is -0.259. The molecule has 0 heterocycles. The third kappa shape index (κ3) is 5.41. The van der Waals surface area contributed by atoms with Crippen LogP contribution in [-0.4, -0.2) is 31.6 Å². The van der Waals surface area contributed by atoms with Gasteiger partial charge in [0.15, 0.2) is 5.60 Å². The monoisotopic (exact) mass is 460 g/mol. The molecule has 0 aliphatic heterocycles. The van der Waals surface area contributed by atoms with Crippen LogP contribution in [-0.2, 0) is 26.8 Å². The zero-order chi connectivity index (χ0) is 23.0. The number of alkyl halides is 3. The molecule has 2 aromatic carbocycles. The number of rotatable bonds is 7. The van der Waals surface area contributed by atoms with E-state index in [0.29, 0.717) is 18.6 Å². The van der Waals surface area contributed by atoms with Crippen LogP contribution < -0.4 is 10.0 Å². The molecule has 0 radical (unpaired) electrons. The van der Waals surface area contributed by atoms with Crippen molar-refractivity contribution >= 4 is 21.6 Å². The van der Waals surface area contributed by atoms with E-state index in [0.717, 1.165) is 25.0 Å². The van der Waals surface area contributed by atoms with Crippen LogP contribution in [0.25, 0.3) is 0 Å². The Morgan fingerprint density at radius 1 is 1.16 bits per heavy atom. The molecule has 3 rings (SSSR count). The predicted octanol–water partition coefficient (Wildman–Crippen LogP) is 3.22. The summed E-state index contributed by atoms with van der Waals surface area (Å²) >= 11 is 0. The average Bonchev–Trinajstić information content (AvgIpc) is 3.44. The molecule has 0 spiro atoms. The zero-order valence-corrected chi connectivity index (χ0v) is 17.1. The number of hydrogen-bond donors (Lipinski definition) is 3. The summed E-state index contributed by atoms with van der Waals surface area (Å²) in [6.07, 6.45) is -3.78. The Labute approximate surface area is 176 Å². The summed E-state index contributed by atoms with van der Waals surface area (Å²) in [5.41, 5.74) is -4.09. The summed E-state index contributed by atoms with van der Waals surface area (Å²) in [5, 5.41) is 12.0. The number of hydrogen-bond acceptors (Lipinski definition) is 4. The molecule has 31 heavy (non-hydrogen) atoms. The summed E-state index contributed by atoms with van der Waals surface area (Å²) in [7, 11) is -3.70.